The quantitative estimate of drug-likeness (QED) is 0.682. The summed E-state index contributed by atoms with van der Waals surface area (Å²) >= 11 is 11.8. The first-order chi connectivity index (χ1) is 11.6. The first-order valence-corrected chi connectivity index (χ1v) is 8.07. The second kappa shape index (κ2) is 7.47. The van der Waals surface area contributed by atoms with Crippen LogP contribution in [0.5, 0.6) is 0 Å². The Hall–Kier alpha value is -2.37. The molecular formula is C17H15Cl2N5. The van der Waals surface area contributed by atoms with E-state index in [1.54, 1.807) is 6.20 Å². The average Bonchev–Trinajstić information content (AvgIpc) is 2.57. The van der Waals surface area contributed by atoms with Crippen LogP contribution in [-0.4, -0.2) is 15.2 Å². The molecule has 2 N–H and O–H groups in total. The molecular weight excluding hydrogens is 345 g/mol. The van der Waals surface area contributed by atoms with Crippen molar-refractivity contribution < 1.29 is 0 Å². The molecule has 7 heteroatoms. The molecule has 5 nitrogen and oxygen atoms in total. The van der Waals surface area contributed by atoms with Gasteiger partial charge in [0.15, 0.2) is 5.82 Å². The molecule has 0 bridgehead atoms. The number of hydrogen-bond acceptors (Lipinski definition) is 5. The minimum Gasteiger partial charge on any atom is -0.349 e. The van der Waals surface area contributed by atoms with Gasteiger partial charge in [-0.2, -0.15) is 10.1 Å². The van der Waals surface area contributed by atoms with Crippen LogP contribution in [-0.2, 0) is 6.54 Å². The molecule has 3 aromatic rings. The van der Waals surface area contributed by atoms with Gasteiger partial charge in [0.05, 0.1) is 6.20 Å². The number of rotatable bonds is 5. The second-order valence-electron chi connectivity index (χ2n) is 5.23. The standard InChI is InChI=1S/C17H15Cl2N5/c1-11-8-14(19)6-7-15(11)22-16-10-21-24-17(23-16)20-9-12-2-4-13(18)5-3-12/h2-8,10H,9H2,1H3,(H2,20,22,23,24). The number of hydrogen-bond donors (Lipinski definition) is 2. The smallest absolute Gasteiger partial charge is 0.244 e. The van der Waals surface area contributed by atoms with Crippen LogP contribution in [0.1, 0.15) is 11.1 Å². The summed E-state index contributed by atoms with van der Waals surface area (Å²) in [5, 5.41) is 15.7. The summed E-state index contributed by atoms with van der Waals surface area (Å²) in [6.07, 6.45) is 1.57. The highest BCUT2D eigenvalue weighted by Crippen LogP contribution is 2.22. The van der Waals surface area contributed by atoms with Gasteiger partial charge in [0.2, 0.25) is 5.95 Å². The molecule has 0 aliphatic rings. The summed E-state index contributed by atoms with van der Waals surface area (Å²) in [5.74, 6) is 1.05. The van der Waals surface area contributed by atoms with E-state index in [1.165, 1.54) is 0 Å². The summed E-state index contributed by atoms with van der Waals surface area (Å²) in [6.45, 7) is 2.56. The van der Waals surface area contributed by atoms with E-state index >= 15 is 0 Å². The predicted octanol–water partition coefficient (Wildman–Crippen LogP) is 4.84. The predicted molar refractivity (Wildman–Crippen MR) is 98.1 cm³/mol. The van der Waals surface area contributed by atoms with Crippen molar-refractivity contribution in [3.05, 3.63) is 69.8 Å². The van der Waals surface area contributed by atoms with E-state index in [0.717, 1.165) is 16.8 Å². The lowest BCUT2D eigenvalue weighted by Crippen LogP contribution is -2.06. The van der Waals surface area contributed by atoms with Gasteiger partial charge in [0, 0.05) is 22.3 Å². The third-order valence-electron chi connectivity index (χ3n) is 3.37. The number of anilines is 3. The summed E-state index contributed by atoms with van der Waals surface area (Å²) in [5.41, 5.74) is 3.02. The minimum absolute atomic E-state index is 0.446. The summed E-state index contributed by atoms with van der Waals surface area (Å²) in [7, 11) is 0. The molecule has 0 radical (unpaired) electrons. The van der Waals surface area contributed by atoms with Gasteiger partial charge in [-0.15, -0.1) is 5.10 Å². The normalized spacial score (nSPS) is 10.5. The van der Waals surface area contributed by atoms with Crippen molar-refractivity contribution in [1.82, 2.24) is 15.2 Å². The summed E-state index contributed by atoms with van der Waals surface area (Å²) < 4.78 is 0. The monoisotopic (exact) mass is 359 g/mol. The Morgan fingerprint density at radius 2 is 1.75 bits per heavy atom. The van der Waals surface area contributed by atoms with E-state index < -0.39 is 0 Å². The number of benzene rings is 2. The van der Waals surface area contributed by atoms with Gasteiger partial charge in [-0.25, -0.2) is 0 Å². The van der Waals surface area contributed by atoms with Crippen molar-refractivity contribution in [2.24, 2.45) is 0 Å². The summed E-state index contributed by atoms with van der Waals surface area (Å²) in [4.78, 5) is 4.41. The number of aromatic nitrogens is 3. The lowest BCUT2D eigenvalue weighted by Gasteiger charge is -2.10. The van der Waals surface area contributed by atoms with Gasteiger partial charge in [0.1, 0.15) is 0 Å². The largest absolute Gasteiger partial charge is 0.349 e. The van der Waals surface area contributed by atoms with Crippen LogP contribution in [0.3, 0.4) is 0 Å². The molecule has 0 fully saturated rings. The van der Waals surface area contributed by atoms with Gasteiger partial charge in [-0.1, -0.05) is 35.3 Å². The van der Waals surface area contributed by atoms with Crippen LogP contribution in [0.15, 0.2) is 48.7 Å². The van der Waals surface area contributed by atoms with E-state index in [1.807, 2.05) is 49.4 Å². The molecule has 1 aromatic heterocycles. The van der Waals surface area contributed by atoms with Gasteiger partial charge in [-0.3, -0.25) is 0 Å². The molecule has 0 unspecified atom stereocenters. The fourth-order valence-corrected chi connectivity index (χ4v) is 2.48. The molecule has 0 amide bonds. The minimum atomic E-state index is 0.446. The Kier molecular flexibility index (Phi) is 5.13. The van der Waals surface area contributed by atoms with Crippen LogP contribution >= 0.6 is 23.2 Å². The van der Waals surface area contributed by atoms with E-state index in [4.69, 9.17) is 23.2 Å². The first kappa shape index (κ1) is 16.5. The van der Waals surface area contributed by atoms with Crippen molar-refractivity contribution in [2.75, 3.05) is 10.6 Å². The lowest BCUT2D eigenvalue weighted by atomic mass is 10.2. The van der Waals surface area contributed by atoms with Gasteiger partial charge >= 0.3 is 0 Å². The highest BCUT2D eigenvalue weighted by Gasteiger charge is 2.04. The molecule has 0 saturated carbocycles. The fourth-order valence-electron chi connectivity index (χ4n) is 2.13. The van der Waals surface area contributed by atoms with Gasteiger partial charge < -0.3 is 10.6 Å². The van der Waals surface area contributed by atoms with Crippen molar-refractivity contribution in [3.63, 3.8) is 0 Å². The lowest BCUT2D eigenvalue weighted by molar-refractivity contribution is 0.948. The Balaban J connectivity index is 1.68. The number of halogens is 2. The van der Waals surface area contributed by atoms with Crippen molar-refractivity contribution in [2.45, 2.75) is 13.5 Å². The Bertz CT molecular complexity index is 837. The molecule has 24 heavy (non-hydrogen) atoms. The third kappa shape index (κ3) is 4.34. The molecule has 3 rings (SSSR count). The summed E-state index contributed by atoms with van der Waals surface area (Å²) in [6, 6.07) is 13.2. The van der Waals surface area contributed by atoms with Crippen molar-refractivity contribution in [1.29, 1.82) is 0 Å². The zero-order chi connectivity index (χ0) is 16.9. The fraction of sp³-hybridized carbons (Fsp3) is 0.118. The Morgan fingerprint density at radius 3 is 2.50 bits per heavy atom. The maximum absolute atomic E-state index is 5.97. The van der Waals surface area contributed by atoms with Gasteiger partial charge in [0.25, 0.3) is 0 Å². The second-order valence-corrected chi connectivity index (χ2v) is 6.10. The van der Waals surface area contributed by atoms with Crippen LogP contribution in [0.2, 0.25) is 10.0 Å². The van der Waals surface area contributed by atoms with Crippen LogP contribution in [0, 0.1) is 6.92 Å². The Morgan fingerprint density at radius 1 is 1.00 bits per heavy atom. The molecule has 0 spiro atoms. The maximum atomic E-state index is 5.97. The van der Waals surface area contributed by atoms with E-state index in [9.17, 15) is 0 Å². The molecule has 2 aromatic carbocycles. The molecule has 0 aliphatic heterocycles. The zero-order valence-corrected chi connectivity index (χ0v) is 14.4. The van der Waals surface area contributed by atoms with E-state index in [-0.39, 0.29) is 0 Å². The van der Waals surface area contributed by atoms with Crippen LogP contribution in [0.4, 0.5) is 17.5 Å². The first-order valence-electron chi connectivity index (χ1n) is 7.31. The van der Waals surface area contributed by atoms with E-state index in [0.29, 0.717) is 28.4 Å². The molecule has 1 heterocycles. The maximum Gasteiger partial charge on any atom is 0.244 e. The number of nitrogens with zero attached hydrogens (tertiary/aromatic N) is 3. The van der Waals surface area contributed by atoms with E-state index in [2.05, 4.69) is 25.8 Å². The molecule has 0 atom stereocenters. The van der Waals surface area contributed by atoms with Crippen molar-refractivity contribution >= 4 is 40.7 Å². The highest BCUT2D eigenvalue weighted by atomic mass is 35.5. The Labute approximate surface area is 150 Å². The number of aryl methyl sites for hydroxylation is 1. The van der Waals surface area contributed by atoms with Crippen LogP contribution < -0.4 is 10.6 Å². The van der Waals surface area contributed by atoms with Gasteiger partial charge in [-0.05, 0) is 48.4 Å². The van der Waals surface area contributed by atoms with Crippen LogP contribution in [0.25, 0.3) is 0 Å². The molecule has 122 valence electrons. The van der Waals surface area contributed by atoms with Crippen molar-refractivity contribution in [3.8, 4) is 0 Å². The zero-order valence-electron chi connectivity index (χ0n) is 12.9. The third-order valence-corrected chi connectivity index (χ3v) is 3.86. The average molecular weight is 360 g/mol. The molecule has 0 saturated heterocycles. The topological polar surface area (TPSA) is 62.7 Å². The SMILES string of the molecule is Cc1cc(Cl)ccc1Nc1cnnc(NCc2ccc(Cl)cc2)n1. The highest BCUT2D eigenvalue weighted by molar-refractivity contribution is 6.30. The number of nitrogens with one attached hydrogen (secondary N) is 2. The molecule has 0 aliphatic carbocycles.